The molecule has 4 nitrogen and oxygen atoms in total. The van der Waals surface area contributed by atoms with Gasteiger partial charge in [-0.25, -0.2) is 4.39 Å². The Labute approximate surface area is 162 Å². The Bertz CT molecular complexity index is 977. The SMILES string of the molecule is O=C(Nc1ccc(SCc2cccc(C(F)(F)F)c2)nn1)c1cccc(F)c1. The van der Waals surface area contributed by atoms with Crippen molar-refractivity contribution in [1.29, 1.82) is 0 Å². The number of aromatic nitrogens is 2. The van der Waals surface area contributed by atoms with Crippen molar-refractivity contribution in [2.75, 3.05) is 5.32 Å². The summed E-state index contributed by atoms with van der Waals surface area (Å²) in [6.45, 7) is 0. The molecule has 0 saturated carbocycles. The second-order valence-electron chi connectivity index (χ2n) is 5.71. The number of amides is 1. The van der Waals surface area contributed by atoms with Crippen LogP contribution >= 0.6 is 11.8 Å². The standard InChI is InChI=1S/C19H13F4N3OS/c20-15-6-2-4-13(10-15)18(27)24-16-7-8-17(26-25-16)28-11-12-3-1-5-14(9-12)19(21,22)23/h1-10H,11H2,(H,24,25,27). The van der Waals surface area contributed by atoms with Crippen LogP contribution in [0.1, 0.15) is 21.5 Å². The number of nitrogens with one attached hydrogen (secondary N) is 1. The first-order chi connectivity index (χ1) is 13.3. The van der Waals surface area contributed by atoms with Crippen molar-refractivity contribution in [3.8, 4) is 0 Å². The predicted octanol–water partition coefficient (Wildman–Crippen LogP) is 5.18. The van der Waals surface area contributed by atoms with E-state index in [4.69, 9.17) is 0 Å². The third kappa shape index (κ3) is 5.29. The molecule has 3 rings (SSSR count). The van der Waals surface area contributed by atoms with Gasteiger partial charge in [-0.2, -0.15) is 13.2 Å². The molecule has 0 unspecified atom stereocenters. The van der Waals surface area contributed by atoms with E-state index in [1.807, 2.05) is 0 Å². The third-order valence-corrected chi connectivity index (χ3v) is 4.60. The average molecular weight is 407 g/mol. The summed E-state index contributed by atoms with van der Waals surface area (Å²) in [5.41, 5.74) is -0.0537. The lowest BCUT2D eigenvalue weighted by molar-refractivity contribution is -0.137. The second-order valence-corrected chi connectivity index (χ2v) is 6.70. The highest BCUT2D eigenvalue weighted by atomic mass is 32.2. The molecule has 1 aromatic heterocycles. The first-order valence-corrected chi connectivity index (χ1v) is 8.99. The van der Waals surface area contributed by atoms with Crippen LogP contribution in [0, 0.1) is 5.82 Å². The van der Waals surface area contributed by atoms with E-state index in [1.165, 1.54) is 42.1 Å². The topological polar surface area (TPSA) is 54.9 Å². The van der Waals surface area contributed by atoms with Gasteiger partial charge < -0.3 is 5.32 Å². The number of nitrogens with zero attached hydrogens (tertiary/aromatic N) is 2. The number of anilines is 1. The fourth-order valence-corrected chi connectivity index (χ4v) is 3.03. The highest BCUT2D eigenvalue weighted by Gasteiger charge is 2.30. The van der Waals surface area contributed by atoms with Crippen LogP contribution in [0.3, 0.4) is 0 Å². The first-order valence-electron chi connectivity index (χ1n) is 8.01. The van der Waals surface area contributed by atoms with Gasteiger partial charge in [-0.3, -0.25) is 4.79 Å². The Kier molecular flexibility index (Phi) is 5.93. The molecule has 0 fully saturated rings. The lowest BCUT2D eigenvalue weighted by Crippen LogP contribution is -2.13. The summed E-state index contributed by atoms with van der Waals surface area (Å²) < 4.78 is 51.4. The molecule has 1 heterocycles. The molecule has 0 aliphatic heterocycles. The molecule has 0 aliphatic carbocycles. The molecule has 0 radical (unpaired) electrons. The van der Waals surface area contributed by atoms with Crippen LogP contribution in [0.15, 0.2) is 65.7 Å². The van der Waals surface area contributed by atoms with Crippen molar-refractivity contribution in [3.05, 3.63) is 83.2 Å². The van der Waals surface area contributed by atoms with Crippen molar-refractivity contribution in [1.82, 2.24) is 10.2 Å². The fraction of sp³-hybridized carbons (Fsp3) is 0.105. The second kappa shape index (κ2) is 8.39. The van der Waals surface area contributed by atoms with E-state index in [2.05, 4.69) is 15.5 Å². The molecular weight excluding hydrogens is 394 g/mol. The molecule has 0 spiro atoms. The third-order valence-electron chi connectivity index (χ3n) is 3.61. The monoisotopic (exact) mass is 407 g/mol. The number of thioether (sulfide) groups is 1. The van der Waals surface area contributed by atoms with Gasteiger partial charge in [0.05, 0.1) is 5.56 Å². The normalized spacial score (nSPS) is 11.3. The average Bonchev–Trinajstić information content (AvgIpc) is 2.67. The van der Waals surface area contributed by atoms with E-state index >= 15 is 0 Å². The maximum Gasteiger partial charge on any atom is 0.416 e. The minimum absolute atomic E-state index is 0.143. The lowest BCUT2D eigenvalue weighted by Gasteiger charge is -2.08. The van der Waals surface area contributed by atoms with Gasteiger partial charge in [0.15, 0.2) is 5.82 Å². The van der Waals surface area contributed by atoms with E-state index < -0.39 is 23.5 Å². The van der Waals surface area contributed by atoms with Crippen molar-refractivity contribution in [3.63, 3.8) is 0 Å². The molecule has 0 bridgehead atoms. The summed E-state index contributed by atoms with van der Waals surface area (Å²) in [7, 11) is 0. The lowest BCUT2D eigenvalue weighted by atomic mass is 10.1. The van der Waals surface area contributed by atoms with Gasteiger partial charge in [0.25, 0.3) is 5.91 Å². The summed E-state index contributed by atoms with van der Waals surface area (Å²) in [4.78, 5) is 12.0. The van der Waals surface area contributed by atoms with E-state index in [0.717, 1.165) is 18.2 Å². The molecule has 9 heteroatoms. The number of benzene rings is 2. The summed E-state index contributed by atoms with van der Waals surface area (Å²) in [6.07, 6.45) is -4.39. The molecule has 3 aromatic rings. The molecular formula is C19H13F4N3OS. The number of halogens is 4. The number of carbonyl (C=O) groups is 1. The van der Waals surface area contributed by atoms with Gasteiger partial charge in [0, 0.05) is 11.3 Å². The molecule has 2 aromatic carbocycles. The van der Waals surface area contributed by atoms with Crippen LogP contribution in [-0.2, 0) is 11.9 Å². The Morgan fingerprint density at radius 3 is 2.46 bits per heavy atom. The fourth-order valence-electron chi connectivity index (χ4n) is 2.28. The maximum absolute atomic E-state index is 13.2. The highest BCUT2D eigenvalue weighted by Crippen LogP contribution is 2.31. The zero-order valence-corrected chi connectivity index (χ0v) is 15.0. The Morgan fingerprint density at radius 2 is 1.79 bits per heavy atom. The zero-order chi connectivity index (χ0) is 20.1. The van der Waals surface area contributed by atoms with Gasteiger partial charge in [-0.05, 0) is 42.0 Å². The van der Waals surface area contributed by atoms with Crippen LogP contribution < -0.4 is 5.32 Å². The first kappa shape index (κ1) is 19.8. The van der Waals surface area contributed by atoms with Gasteiger partial charge in [0.2, 0.25) is 0 Å². The Morgan fingerprint density at radius 1 is 1.00 bits per heavy atom. The van der Waals surface area contributed by atoms with Gasteiger partial charge in [-0.1, -0.05) is 36.0 Å². The van der Waals surface area contributed by atoms with Crippen LogP contribution in [0.4, 0.5) is 23.4 Å². The van der Waals surface area contributed by atoms with Crippen molar-refractivity contribution < 1.29 is 22.4 Å². The van der Waals surface area contributed by atoms with Gasteiger partial charge in [-0.15, -0.1) is 10.2 Å². The highest BCUT2D eigenvalue weighted by molar-refractivity contribution is 7.98. The predicted molar refractivity (Wildman–Crippen MR) is 97.4 cm³/mol. The number of hydrogen-bond acceptors (Lipinski definition) is 4. The molecule has 1 N–H and O–H groups in total. The Balaban J connectivity index is 1.60. The zero-order valence-electron chi connectivity index (χ0n) is 14.2. The van der Waals surface area contributed by atoms with E-state index in [9.17, 15) is 22.4 Å². The van der Waals surface area contributed by atoms with Crippen LogP contribution in [-0.4, -0.2) is 16.1 Å². The smallest absolute Gasteiger partial charge is 0.305 e. The summed E-state index contributed by atoms with van der Waals surface area (Å²) in [6, 6.07) is 13.4. The van der Waals surface area contributed by atoms with E-state index in [1.54, 1.807) is 12.1 Å². The van der Waals surface area contributed by atoms with Gasteiger partial charge >= 0.3 is 6.18 Å². The van der Waals surface area contributed by atoms with Crippen LogP contribution in [0.25, 0.3) is 0 Å². The summed E-state index contributed by atoms with van der Waals surface area (Å²) in [5.74, 6) is -0.593. The number of hydrogen-bond donors (Lipinski definition) is 1. The van der Waals surface area contributed by atoms with E-state index in [-0.39, 0.29) is 17.1 Å². The maximum atomic E-state index is 13.2. The quantitative estimate of drug-likeness (QED) is 0.468. The number of rotatable bonds is 5. The molecule has 1 amide bonds. The largest absolute Gasteiger partial charge is 0.416 e. The van der Waals surface area contributed by atoms with Crippen molar-refractivity contribution >= 4 is 23.5 Å². The molecule has 0 saturated heterocycles. The molecule has 0 aliphatic rings. The number of carbonyl (C=O) groups excluding carboxylic acids is 1. The van der Waals surface area contributed by atoms with Crippen LogP contribution in [0.5, 0.6) is 0 Å². The number of alkyl halides is 3. The minimum atomic E-state index is -4.39. The van der Waals surface area contributed by atoms with Gasteiger partial charge in [0.1, 0.15) is 10.8 Å². The summed E-state index contributed by atoms with van der Waals surface area (Å²) in [5, 5.41) is 10.8. The van der Waals surface area contributed by atoms with Crippen molar-refractivity contribution in [2.45, 2.75) is 17.0 Å². The molecule has 144 valence electrons. The van der Waals surface area contributed by atoms with Crippen LogP contribution in [0.2, 0.25) is 0 Å². The molecule has 0 atom stereocenters. The summed E-state index contributed by atoms with van der Waals surface area (Å²) >= 11 is 1.22. The Hall–Kier alpha value is -2.94. The van der Waals surface area contributed by atoms with E-state index in [0.29, 0.717) is 10.6 Å². The van der Waals surface area contributed by atoms with Crippen molar-refractivity contribution in [2.24, 2.45) is 0 Å². The molecule has 28 heavy (non-hydrogen) atoms. The minimum Gasteiger partial charge on any atom is -0.305 e.